The molecule has 7 nitrogen and oxygen atoms in total. The van der Waals surface area contributed by atoms with E-state index in [1.165, 1.54) is 11.3 Å². The molecule has 8 heteroatoms. The first-order valence-corrected chi connectivity index (χ1v) is 6.23. The van der Waals surface area contributed by atoms with Gasteiger partial charge in [0.05, 0.1) is 0 Å². The second-order valence-corrected chi connectivity index (χ2v) is 4.59. The molecule has 2 aromatic heterocycles. The molecule has 18 heavy (non-hydrogen) atoms. The van der Waals surface area contributed by atoms with Gasteiger partial charge in [0.25, 0.3) is 5.91 Å². The molecule has 0 aromatic carbocycles. The van der Waals surface area contributed by atoms with Crippen molar-refractivity contribution in [3.05, 3.63) is 17.1 Å². The second-order valence-electron chi connectivity index (χ2n) is 3.59. The van der Waals surface area contributed by atoms with Gasteiger partial charge in [-0.25, -0.2) is 4.98 Å². The van der Waals surface area contributed by atoms with E-state index in [9.17, 15) is 4.79 Å². The van der Waals surface area contributed by atoms with E-state index in [4.69, 9.17) is 5.73 Å². The quantitative estimate of drug-likeness (QED) is 0.771. The Balaban J connectivity index is 2.13. The number of anilines is 3. The third-order valence-electron chi connectivity index (χ3n) is 2.14. The molecule has 1 amide bonds. The molecule has 0 saturated heterocycles. The fourth-order valence-corrected chi connectivity index (χ4v) is 2.22. The molecule has 0 fully saturated rings. The van der Waals surface area contributed by atoms with E-state index in [2.05, 4.69) is 20.7 Å². The summed E-state index contributed by atoms with van der Waals surface area (Å²) in [6, 6.07) is 1.71. The molecule has 0 unspecified atom stereocenters. The lowest BCUT2D eigenvalue weighted by atomic mass is 10.4. The molecule has 2 rings (SSSR count). The Morgan fingerprint density at radius 2 is 2.39 bits per heavy atom. The van der Waals surface area contributed by atoms with Gasteiger partial charge in [0.15, 0.2) is 10.9 Å². The Morgan fingerprint density at radius 3 is 3.00 bits per heavy atom. The van der Waals surface area contributed by atoms with E-state index < -0.39 is 0 Å². The molecule has 2 aromatic rings. The first-order chi connectivity index (χ1) is 8.60. The van der Waals surface area contributed by atoms with Gasteiger partial charge in [-0.15, -0.1) is 0 Å². The Kier molecular flexibility index (Phi) is 3.47. The number of nitrogens with one attached hydrogen (secondary N) is 2. The molecular formula is C10H14N6OS. The van der Waals surface area contributed by atoms with Crippen LogP contribution in [0, 0.1) is 0 Å². The summed E-state index contributed by atoms with van der Waals surface area (Å²) in [7, 11) is 1.78. The molecule has 96 valence electrons. The highest BCUT2D eigenvalue weighted by Crippen LogP contribution is 2.25. The summed E-state index contributed by atoms with van der Waals surface area (Å²) in [4.78, 5) is 16.4. The number of aromatic nitrogens is 3. The fourth-order valence-electron chi connectivity index (χ4n) is 1.38. The number of amides is 1. The number of carbonyl (C=O) groups excluding carboxylic acids is 1. The van der Waals surface area contributed by atoms with Gasteiger partial charge in [-0.2, -0.15) is 5.10 Å². The van der Waals surface area contributed by atoms with Gasteiger partial charge in [-0.1, -0.05) is 11.3 Å². The number of nitrogen functional groups attached to an aromatic ring is 1. The normalized spacial score (nSPS) is 10.3. The maximum Gasteiger partial charge on any atom is 0.270 e. The third kappa shape index (κ3) is 2.59. The predicted molar refractivity (Wildman–Crippen MR) is 71.9 cm³/mol. The van der Waals surface area contributed by atoms with Gasteiger partial charge >= 0.3 is 0 Å². The lowest BCUT2D eigenvalue weighted by Gasteiger charge is -1.99. The molecule has 0 atom stereocenters. The zero-order chi connectivity index (χ0) is 13.1. The maximum atomic E-state index is 12.0. The summed E-state index contributed by atoms with van der Waals surface area (Å²) >= 11 is 1.22. The van der Waals surface area contributed by atoms with Crippen LogP contribution in [0.4, 0.5) is 16.8 Å². The smallest absolute Gasteiger partial charge is 0.270 e. The highest BCUT2D eigenvalue weighted by Gasteiger charge is 2.16. The fraction of sp³-hybridized carbons (Fsp3) is 0.300. The van der Waals surface area contributed by atoms with Gasteiger partial charge in [0, 0.05) is 25.9 Å². The van der Waals surface area contributed by atoms with E-state index in [-0.39, 0.29) is 11.7 Å². The van der Waals surface area contributed by atoms with E-state index in [0.717, 1.165) is 6.54 Å². The van der Waals surface area contributed by atoms with Crippen molar-refractivity contribution in [3.8, 4) is 0 Å². The highest BCUT2D eigenvalue weighted by molar-refractivity contribution is 7.18. The average molecular weight is 266 g/mol. The lowest BCUT2D eigenvalue weighted by molar-refractivity contribution is 0.103. The monoisotopic (exact) mass is 266 g/mol. The Labute approximate surface area is 108 Å². The van der Waals surface area contributed by atoms with Crippen LogP contribution in [0.15, 0.2) is 12.3 Å². The zero-order valence-corrected chi connectivity index (χ0v) is 10.9. The van der Waals surface area contributed by atoms with Crippen LogP contribution in [0.3, 0.4) is 0 Å². The number of hydrogen-bond acceptors (Lipinski definition) is 6. The van der Waals surface area contributed by atoms with Crippen LogP contribution in [0.1, 0.15) is 16.6 Å². The maximum absolute atomic E-state index is 12.0. The molecule has 0 aliphatic heterocycles. The van der Waals surface area contributed by atoms with Gasteiger partial charge in [0.1, 0.15) is 10.7 Å². The van der Waals surface area contributed by atoms with Gasteiger partial charge in [-0.05, 0) is 6.92 Å². The molecular weight excluding hydrogens is 252 g/mol. The van der Waals surface area contributed by atoms with Crippen molar-refractivity contribution >= 4 is 34.0 Å². The number of carbonyl (C=O) groups is 1. The zero-order valence-electron chi connectivity index (χ0n) is 10.1. The van der Waals surface area contributed by atoms with E-state index in [0.29, 0.717) is 15.8 Å². The Hall–Kier alpha value is -2.09. The van der Waals surface area contributed by atoms with Crippen molar-refractivity contribution < 1.29 is 4.79 Å². The number of rotatable bonds is 4. The van der Waals surface area contributed by atoms with Crippen LogP contribution in [0.5, 0.6) is 0 Å². The molecule has 0 radical (unpaired) electrons. The van der Waals surface area contributed by atoms with Crippen LogP contribution in [0.2, 0.25) is 0 Å². The van der Waals surface area contributed by atoms with Crippen molar-refractivity contribution in [2.75, 3.05) is 22.9 Å². The summed E-state index contributed by atoms with van der Waals surface area (Å²) < 4.78 is 1.61. The van der Waals surface area contributed by atoms with Crippen molar-refractivity contribution in [2.24, 2.45) is 7.05 Å². The predicted octanol–water partition coefficient (Wildman–Crippen LogP) is 1.14. The third-order valence-corrected chi connectivity index (χ3v) is 3.17. The standard InChI is InChI=1S/C10H14N6OS/c1-3-12-10-14-8(11)7(18-10)9(17)13-6-4-5-16(2)15-6/h4-5H,3,11H2,1-2H3,(H,12,14)(H,13,15,17). The summed E-state index contributed by atoms with van der Waals surface area (Å²) in [6.45, 7) is 2.68. The van der Waals surface area contributed by atoms with Crippen LogP contribution < -0.4 is 16.4 Å². The Bertz CT molecular complexity index is 560. The van der Waals surface area contributed by atoms with E-state index in [1.54, 1.807) is 24.0 Å². The first-order valence-electron chi connectivity index (χ1n) is 5.41. The molecule has 2 heterocycles. The summed E-state index contributed by atoms with van der Waals surface area (Å²) in [5.41, 5.74) is 5.70. The second kappa shape index (κ2) is 5.05. The summed E-state index contributed by atoms with van der Waals surface area (Å²) in [5.74, 6) is 0.414. The van der Waals surface area contributed by atoms with Gasteiger partial charge < -0.3 is 16.4 Å². The minimum Gasteiger partial charge on any atom is -0.382 e. The molecule has 0 bridgehead atoms. The van der Waals surface area contributed by atoms with E-state index >= 15 is 0 Å². The SMILES string of the molecule is CCNc1nc(N)c(C(=O)Nc2ccn(C)n2)s1. The molecule has 0 aliphatic rings. The number of aryl methyl sites for hydroxylation is 1. The minimum absolute atomic E-state index is 0.226. The summed E-state index contributed by atoms with van der Waals surface area (Å²) in [6.07, 6.45) is 1.75. The largest absolute Gasteiger partial charge is 0.382 e. The van der Waals surface area contributed by atoms with Crippen LogP contribution in [-0.4, -0.2) is 27.2 Å². The van der Waals surface area contributed by atoms with E-state index in [1.807, 2.05) is 6.92 Å². The van der Waals surface area contributed by atoms with Crippen molar-refractivity contribution in [3.63, 3.8) is 0 Å². The minimum atomic E-state index is -0.298. The van der Waals surface area contributed by atoms with Crippen molar-refractivity contribution in [1.29, 1.82) is 0 Å². The molecule has 0 saturated carbocycles. The van der Waals surface area contributed by atoms with Gasteiger partial charge in [-0.3, -0.25) is 9.48 Å². The lowest BCUT2D eigenvalue weighted by Crippen LogP contribution is -2.12. The number of thiazole rings is 1. The van der Waals surface area contributed by atoms with Crippen LogP contribution in [-0.2, 0) is 7.05 Å². The topological polar surface area (TPSA) is 97.9 Å². The molecule has 0 spiro atoms. The number of nitrogens with two attached hydrogens (primary N) is 1. The average Bonchev–Trinajstić information content (AvgIpc) is 2.86. The molecule has 4 N–H and O–H groups in total. The van der Waals surface area contributed by atoms with Crippen LogP contribution >= 0.6 is 11.3 Å². The number of hydrogen-bond donors (Lipinski definition) is 3. The highest BCUT2D eigenvalue weighted by atomic mass is 32.1. The van der Waals surface area contributed by atoms with Gasteiger partial charge in [0.2, 0.25) is 0 Å². The summed E-state index contributed by atoms with van der Waals surface area (Å²) in [5, 5.41) is 10.4. The van der Waals surface area contributed by atoms with Crippen molar-refractivity contribution in [1.82, 2.24) is 14.8 Å². The number of nitrogens with zero attached hydrogens (tertiary/aromatic N) is 3. The Morgan fingerprint density at radius 1 is 1.61 bits per heavy atom. The van der Waals surface area contributed by atoms with Crippen LogP contribution in [0.25, 0.3) is 0 Å². The first kappa shape index (κ1) is 12.4. The molecule has 0 aliphatic carbocycles. The van der Waals surface area contributed by atoms with Crippen molar-refractivity contribution in [2.45, 2.75) is 6.92 Å².